The van der Waals surface area contributed by atoms with Gasteiger partial charge in [0.25, 0.3) is 5.92 Å². The third kappa shape index (κ3) is 5.28. The summed E-state index contributed by atoms with van der Waals surface area (Å²) in [6.45, 7) is 11.6. The number of nitrogens with zero attached hydrogens (tertiary/aromatic N) is 1. The van der Waals surface area contributed by atoms with Gasteiger partial charge in [0.05, 0.1) is 11.0 Å². The molecule has 0 radical (unpaired) electrons. The first-order valence-corrected chi connectivity index (χ1v) is 18.7. The highest BCUT2D eigenvalue weighted by molar-refractivity contribution is 5.88. The van der Waals surface area contributed by atoms with Crippen LogP contribution in [-0.2, 0) is 4.79 Å². The molecule has 8 atom stereocenters. The fourth-order valence-corrected chi connectivity index (χ4v) is 13.1. The second-order valence-corrected chi connectivity index (χ2v) is 17.7. The van der Waals surface area contributed by atoms with E-state index >= 15 is 4.39 Å². The molecule has 2 N–H and O–H groups in total. The first kappa shape index (κ1) is 34.1. The third-order valence-electron chi connectivity index (χ3n) is 15.3. The van der Waals surface area contributed by atoms with Gasteiger partial charge in [-0.25, -0.2) is 18.0 Å². The highest BCUT2D eigenvalue weighted by atomic mass is 19.3. The lowest BCUT2D eigenvalue weighted by Gasteiger charge is -2.68. The molecule has 1 saturated heterocycles. The Bertz CT molecular complexity index is 1480. The second kappa shape index (κ2) is 11.9. The zero-order chi connectivity index (χ0) is 34.3. The largest absolute Gasteiger partial charge is 0.478 e. The minimum absolute atomic E-state index is 0.0242. The molecule has 6 aliphatic rings. The van der Waals surface area contributed by atoms with Crippen LogP contribution in [0.5, 0.6) is 0 Å². The van der Waals surface area contributed by atoms with Gasteiger partial charge in [-0.2, -0.15) is 0 Å². The van der Waals surface area contributed by atoms with E-state index in [4.69, 9.17) is 0 Å². The van der Waals surface area contributed by atoms with E-state index in [9.17, 15) is 23.5 Å². The van der Waals surface area contributed by atoms with Gasteiger partial charge in [0.2, 0.25) is 5.91 Å². The Balaban J connectivity index is 1.07. The molecule has 0 aromatic heterocycles. The number of carbonyl (C=O) groups is 2. The van der Waals surface area contributed by atoms with Crippen molar-refractivity contribution in [3.63, 3.8) is 0 Å². The Labute approximate surface area is 284 Å². The lowest BCUT2D eigenvalue weighted by atomic mass is 9.36. The first-order chi connectivity index (χ1) is 22.6. The van der Waals surface area contributed by atoms with Gasteiger partial charge in [-0.05, 0) is 121 Å². The van der Waals surface area contributed by atoms with Gasteiger partial charge in [0.15, 0.2) is 0 Å². The Hall–Kier alpha value is -2.35. The summed E-state index contributed by atoms with van der Waals surface area (Å²) in [6, 6.07) is 4.34. The van der Waals surface area contributed by atoms with Crippen molar-refractivity contribution in [2.45, 2.75) is 111 Å². The summed E-state index contributed by atoms with van der Waals surface area (Å²) >= 11 is 0. The van der Waals surface area contributed by atoms with Gasteiger partial charge in [-0.1, -0.05) is 46.3 Å². The SMILES string of the molecule is CC1(C)C(c2ccc(C(=O)O)cc2F)=CC[C@@]2(C)C1CC[C@@]1(C)C3CC[C@@]4(C(=O)NCCN5CCC(F)(F)CC5)CCCC4[C@H]3CCC12. The van der Waals surface area contributed by atoms with E-state index in [1.165, 1.54) is 12.5 Å². The maximum absolute atomic E-state index is 15.4. The zero-order valence-corrected chi connectivity index (χ0v) is 29.4. The van der Waals surface area contributed by atoms with Gasteiger partial charge in [0, 0.05) is 44.6 Å². The number of rotatable bonds is 6. The molecule has 264 valence electrons. The molecule has 1 aromatic carbocycles. The smallest absolute Gasteiger partial charge is 0.335 e. The molecule has 1 amide bonds. The van der Waals surface area contributed by atoms with Crippen LogP contribution in [-0.4, -0.2) is 54.0 Å². The topological polar surface area (TPSA) is 69.6 Å². The van der Waals surface area contributed by atoms with Crippen molar-refractivity contribution in [1.29, 1.82) is 0 Å². The van der Waals surface area contributed by atoms with Crippen molar-refractivity contribution in [1.82, 2.24) is 10.2 Å². The molecular formula is C40H55F3N2O3. The molecule has 1 aromatic rings. The second-order valence-electron chi connectivity index (χ2n) is 17.7. The van der Waals surface area contributed by atoms with Gasteiger partial charge < -0.3 is 15.3 Å². The summed E-state index contributed by atoms with van der Waals surface area (Å²) in [4.78, 5) is 27.5. The number of carboxylic acids is 1. The minimum atomic E-state index is -2.55. The molecule has 0 bridgehead atoms. The number of carbonyl (C=O) groups excluding carboxylic acids is 1. The summed E-state index contributed by atoms with van der Waals surface area (Å²) < 4.78 is 42.6. The molecule has 0 spiro atoms. The van der Waals surface area contributed by atoms with E-state index in [1.54, 1.807) is 6.07 Å². The predicted molar refractivity (Wildman–Crippen MR) is 181 cm³/mol. The van der Waals surface area contributed by atoms with Crippen LogP contribution >= 0.6 is 0 Å². The number of carboxylic acid groups (broad SMARTS) is 1. The van der Waals surface area contributed by atoms with Crippen LogP contribution < -0.4 is 5.32 Å². The van der Waals surface area contributed by atoms with E-state index < -0.39 is 17.7 Å². The maximum Gasteiger partial charge on any atom is 0.335 e. The van der Waals surface area contributed by atoms with Crippen molar-refractivity contribution in [2.75, 3.05) is 26.2 Å². The third-order valence-corrected chi connectivity index (χ3v) is 15.3. The molecule has 1 heterocycles. The van der Waals surface area contributed by atoms with E-state index in [0.717, 1.165) is 69.4 Å². The summed E-state index contributed by atoms with van der Waals surface area (Å²) in [7, 11) is 0. The highest BCUT2D eigenvalue weighted by Gasteiger charge is 2.66. The lowest BCUT2D eigenvalue weighted by molar-refractivity contribution is -0.181. The number of alkyl halides is 2. The number of piperidine rings is 1. The Morgan fingerprint density at radius 1 is 0.896 bits per heavy atom. The molecule has 5 fully saturated rings. The fraction of sp³-hybridized carbons (Fsp3) is 0.750. The number of allylic oxidation sites excluding steroid dienone is 2. The average molecular weight is 669 g/mol. The van der Waals surface area contributed by atoms with Crippen molar-refractivity contribution >= 4 is 17.4 Å². The van der Waals surface area contributed by atoms with E-state index in [1.807, 2.05) is 0 Å². The molecule has 5 aliphatic carbocycles. The van der Waals surface area contributed by atoms with Crippen LogP contribution in [0.3, 0.4) is 0 Å². The number of nitrogens with one attached hydrogen (secondary N) is 1. The van der Waals surface area contributed by atoms with E-state index in [0.29, 0.717) is 61.3 Å². The quantitative estimate of drug-likeness (QED) is 0.318. The summed E-state index contributed by atoms with van der Waals surface area (Å²) in [6.07, 6.45) is 12.8. The number of amides is 1. The van der Waals surface area contributed by atoms with Crippen LogP contribution in [0.15, 0.2) is 24.3 Å². The highest BCUT2D eigenvalue weighted by Crippen LogP contribution is 2.73. The number of aromatic carboxylic acids is 1. The number of likely N-dealkylation sites (tertiary alicyclic amines) is 1. The van der Waals surface area contributed by atoms with Crippen molar-refractivity contribution < 1.29 is 27.9 Å². The molecule has 48 heavy (non-hydrogen) atoms. The normalized spacial score (nSPS) is 40.1. The van der Waals surface area contributed by atoms with Gasteiger partial charge >= 0.3 is 5.97 Å². The Morgan fingerprint density at radius 3 is 2.35 bits per heavy atom. The fourth-order valence-electron chi connectivity index (χ4n) is 13.1. The zero-order valence-electron chi connectivity index (χ0n) is 29.4. The van der Waals surface area contributed by atoms with Crippen LogP contribution in [0.4, 0.5) is 13.2 Å². The van der Waals surface area contributed by atoms with Crippen molar-refractivity contribution in [3.05, 3.63) is 41.2 Å². The average Bonchev–Trinajstić information content (AvgIpc) is 3.48. The number of halogens is 3. The lowest BCUT2D eigenvalue weighted by Crippen LogP contribution is -2.62. The standard InChI is InChI=1S/C40H55F3N2O3/c1-36(2)28(27-8-7-25(34(46)47)24-31(27)41)11-15-38(4)32(36)13-16-37(3)29-12-17-39(14-5-6-30(39)26(29)9-10-33(37)38)35(48)44-20-23-45-21-18-40(42,43)19-22-45/h7-8,11,24,26,29-30,32-33H,5-6,9-10,12-23H2,1-4H3,(H,44,48)(H,46,47)/t26-,29?,30?,32?,33?,37-,38-,39-/m0/s1. The molecule has 5 nitrogen and oxygen atoms in total. The van der Waals surface area contributed by atoms with Crippen LogP contribution in [0.2, 0.25) is 0 Å². The molecule has 8 heteroatoms. The Morgan fingerprint density at radius 2 is 1.65 bits per heavy atom. The molecular weight excluding hydrogens is 613 g/mol. The van der Waals surface area contributed by atoms with Gasteiger partial charge in [0.1, 0.15) is 5.82 Å². The number of fused-ring (bicyclic) bond motifs is 7. The molecule has 4 unspecified atom stereocenters. The first-order valence-electron chi connectivity index (χ1n) is 18.7. The summed E-state index contributed by atoms with van der Waals surface area (Å²) in [5.74, 6) is -1.39. The maximum atomic E-state index is 15.4. The molecule has 4 saturated carbocycles. The summed E-state index contributed by atoms with van der Waals surface area (Å²) in [5.41, 5.74) is 1.26. The van der Waals surface area contributed by atoms with E-state index in [2.05, 4.69) is 44.0 Å². The minimum Gasteiger partial charge on any atom is -0.478 e. The van der Waals surface area contributed by atoms with Crippen LogP contribution in [0.25, 0.3) is 5.57 Å². The van der Waals surface area contributed by atoms with Crippen molar-refractivity contribution in [3.8, 4) is 0 Å². The van der Waals surface area contributed by atoms with E-state index in [-0.39, 0.29) is 46.0 Å². The number of hydrogen-bond donors (Lipinski definition) is 2. The molecule has 7 rings (SSSR count). The van der Waals surface area contributed by atoms with Crippen LogP contribution in [0, 0.1) is 57.1 Å². The molecule has 1 aliphatic heterocycles. The van der Waals surface area contributed by atoms with Gasteiger partial charge in [-0.3, -0.25) is 4.79 Å². The van der Waals surface area contributed by atoms with Crippen molar-refractivity contribution in [2.24, 2.45) is 51.2 Å². The monoisotopic (exact) mass is 668 g/mol. The van der Waals surface area contributed by atoms with Crippen LogP contribution in [0.1, 0.15) is 121 Å². The predicted octanol–water partition coefficient (Wildman–Crippen LogP) is 8.83. The summed E-state index contributed by atoms with van der Waals surface area (Å²) in [5, 5.41) is 12.7. The number of benzene rings is 1. The van der Waals surface area contributed by atoms with Gasteiger partial charge in [-0.15, -0.1) is 0 Å². The number of hydrogen-bond acceptors (Lipinski definition) is 3. The Kier molecular flexibility index (Phi) is 8.44.